The van der Waals surface area contributed by atoms with E-state index < -0.39 is 12.1 Å². The minimum Gasteiger partial charge on any atom is -0.326 e. The van der Waals surface area contributed by atoms with E-state index in [4.69, 9.17) is 11.6 Å². The molecule has 0 unspecified atom stereocenters. The summed E-state index contributed by atoms with van der Waals surface area (Å²) >= 11 is 7.18. The molecule has 1 aromatic heterocycles. The first-order valence-electron chi connectivity index (χ1n) is 10.5. The second-order valence-corrected chi connectivity index (χ2v) is 8.83. The van der Waals surface area contributed by atoms with Gasteiger partial charge in [-0.05, 0) is 42.2 Å². The molecule has 32 heavy (non-hydrogen) atoms. The van der Waals surface area contributed by atoms with Crippen molar-refractivity contribution in [3.8, 4) is 10.6 Å². The molecule has 168 valence electrons. The summed E-state index contributed by atoms with van der Waals surface area (Å²) in [7, 11) is 0. The van der Waals surface area contributed by atoms with Crippen LogP contribution in [0.4, 0.5) is 15.6 Å². The summed E-state index contributed by atoms with van der Waals surface area (Å²) in [5, 5.41) is 18.2. The Hall–Kier alpha value is -2.97. The lowest BCUT2D eigenvalue weighted by molar-refractivity contribution is -0.119. The Labute approximate surface area is 196 Å². The van der Waals surface area contributed by atoms with Gasteiger partial charge >= 0.3 is 6.03 Å². The molecule has 2 aromatic carbocycles. The quantitative estimate of drug-likeness (QED) is 0.398. The zero-order valence-electron chi connectivity index (χ0n) is 18.2. The van der Waals surface area contributed by atoms with E-state index >= 15 is 0 Å². The van der Waals surface area contributed by atoms with Gasteiger partial charge < -0.3 is 10.6 Å². The molecule has 3 N–H and O–H groups in total. The third kappa shape index (κ3) is 6.27. The number of amides is 3. The van der Waals surface area contributed by atoms with Gasteiger partial charge in [0.15, 0.2) is 0 Å². The maximum absolute atomic E-state index is 12.9. The highest BCUT2D eigenvalue weighted by Gasteiger charge is 2.27. The van der Waals surface area contributed by atoms with Crippen molar-refractivity contribution in [3.05, 3.63) is 59.1 Å². The number of hydrogen-bond donors (Lipinski definition) is 3. The Balaban J connectivity index is 1.65. The molecule has 0 saturated heterocycles. The molecule has 7 nitrogen and oxygen atoms in total. The minimum absolute atomic E-state index is 0.0770. The number of carbonyl (C=O) groups is 2. The molecule has 0 saturated carbocycles. The first-order valence-corrected chi connectivity index (χ1v) is 11.7. The highest BCUT2D eigenvalue weighted by Crippen LogP contribution is 2.27. The lowest BCUT2D eigenvalue weighted by Crippen LogP contribution is -2.49. The largest absolute Gasteiger partial charge is 0.326 e. The smallest absolute Gasteiger partial charge is 0.319 e. The van der Waals surface area contributed by atoms with Gasteiger partial charge in [0.25, 0.3) is 0 Å². The maximum Gasteiger partial charge on any atom is 0.319 e. The molecule has 3 amide bonds. The predicted molar refractivity (Wildman–Crippen MR) is 130 cm³/mol. The number of aromatic nitrogens is 2. The molecule has 0 fully saturated rings. The first kappa shape index (κ1) is 23.7. The van der Waals surface area contributed by atoms with E-state index in [1.165, 1.54) is 16.9 Å². The van der Waals surface area contributed by atoms with E-state index in [1.807, 2.05) is 50.2 Å². The van der Waals surface area contributed by atoms with Crippen molar-refractivity contribution in [1.82, 2.24) is 15.5 Å². The van der Waals surface area contributed by atoms with Crippen LogP contribution in [-0.2, 0) is 11.2 Å². The van der Waals surface area contributed by atoms with Crippen LogP contribution in [0.15, 0.2) is 48.5 Å². The average molecular weight is 472 g/mol. The Bertz CT molecular complexity index is 1050. The fourth-order valence-corrected chi connectivity index (χ4v) is 3.88. The third-order valence-electron chi connectivity index (χ3n) is 5.15. The fourth-order valence-electron chi connectivity index (χ4n) is 3.00. The topological polar surface area (TPSA) is 96.0 Å². The molecule has 0 aliphatic rings. The van der Waals surface area contributed by atoms with E-state index in [0.29, 0.717) is 20.8 Å². The van der Waals surface area contributed by atoms with Crippen LogP contribution < -0.4 is 16.0 Å². The number of nitrogens with one attached hydrogen (secondary N) is 3. The van der Waals surface area contributed by atoms with Crippen molar-refractivity contribution in [2.24, 2.45) is 5.92 Å². The third-order valence-corrected chi connectivity index (χ3v) is 6.29. The summed E-state index contributed by atoms with van der Waals surface area (Å²) in [4.78, 5) is 25.5. The lowest BCUT2D eigenvalue weighted by atomic mass is 9.98. The summed E-state index contributed by atoms with van der Waals surface area (Å²) in [5.41, 5.74) is 2.71. The van der Waals surface area contributed by atoms with Crippen LogP contribution in [-0.4, -0.2) is 28.2 Å². The van der Waals surface area contributed by atoms with Crippen molar-refractivity contribution in [2.45, 2.75) is 39.7 Å². The Kier molecular flexibility index (Phi) is 8.19. The number of benzene rings is 2. The van der Waals surface area contributed by atoms with E-state index in [1.54, 1.807) is 12.1 Å². The summed E-state index contributed by atoms with van der Waals surface area (Å²) in [6, 6.07) is 13.7. The molecule has 3 aromatic rings. The van der Waals surface area contributed by atoms with Gasteiger partial charge in [0.05, 0.1) is 0 Å². The second-order valence-electron chi connectivity index (χ2n) is 7.42. The average Bonchev–Trinajstić information content (AvgIpc) is 3.26. The van der Waals surface area contributed by atoms with Crippen molar-refractivity contribution < 1.29 is 9.59 Å². The van der Waals surface area contributed by atoms with E-state index in [-0.39, 0.29) is 11.8 Å². The van der Waals surface area contributed by atoms with Crippen LogP contribution in [0, 0.1) is 5.92 Å². The summed E-state index contributed by atoms with van der Waals surface area (Å²) in [6.45, 7) is 5.96. The maximum atomic E-state index is 12.9. The van der Waals surface area contributed by atoms with Crippen molar-refractivity contribution in [2.75, 3.05) is 10.6 Å². The van der Waals surface area contributed by atoms with Gasteiger partial charge in [0.2, 0.25) is 11.0 Å². The molecular formula is C23H26ClN5O2S. The molecule has 0 bridgehead atoms. The van der Waals surface area contributed by atoms with Crippen LogP contribution >= 0.6 is 22.9 Å². The molecular weight excluding hydrogens is 446 g/mol. The number of aryl methyl sites for hydroxylation is 1. The number of halogens is 1. The number of anilines is 2. The number of rotatable bonds is 8. The van der Waals surface area contributed by atoms with E-state index in [2.05, 4.69) is 33.1 Å². The van der Waals surface area contributed by atoms with Gasteiger partial charge in [-0.25, -0.2) is 4.79 Å². The van der Waals surface area contributed by atoms with Crippen molar-refractivity contribution in [1.29, 1.82) is 0 Å². The Morgan fingerprint density at radius 3 is 2.31 bits per heavy atom. The van der Waals surface area contributed by atoms with Crippen LogP contribution in [0.3, 0.4) is 0 Å². The van der Waals surface area contributed by atoms with Crippen LogP contribution in [0.25, 0.3) is 10.6 Å². The molecule has 2 atom stereocenters. The molecule has 3 rings (SSSR count). The van der Waals surface area contributed by atoms with Crippen LogP contribution in [0.5, 0.6) is 0 Å². The minimum atomic E-state index is -0.724. The molecule has 0 radical (unpaired) electrons. The zero-order valence-corrected chi connectivity index (χ0v) is 19.8. The zero-order chi connectivity index (χ0) is 23.1. The highest BCUT2D eigenvalue weighted by molar-refractivity contribution is 7.18. The standard InChI is InChI=1S/C23H26ClN5O2S/c1-4-14(3)19(26-22(31)25-18-12-6-15(5-2)7-13-18)20(30)27-23-29-28-21(32-23)16-8-10-17(24)11-9-16/h6-14,19H,4-5H2,1-3H3,(H2,25,26,31)(H,27,29,30)/t14-,19-/m1/s1. The summed E-state index contributed by atoms with van der Waals surface area (Å²) < 4.78 is 0. The van der Waals surface area contributed by atoms with Crippen molar-refractivity contribution in [3.63, 3.8) is 0 Å². The highest BCUT2D eigenvalue weighted by atomic mass is 35.5. The Morgan fingerprint density at radius 2 is 1.69 bits per heavy atom. The van der Waals surface area contributed by atoms with Gasteiger partial charge in [-0.15, -0.1) is 10.2 Å². The van der Waals surface area contributed by atoms with Gasteiger partial charge in [-0.3, -0.25) is 10.1 Å². The molecule has 0 aliphatic carbocycles. The number of urea groups is 1. The fraction of sp³-hybridized carbons (Fsp3) is 0.304. The normalized spacial score (nSPS) is 12.6. The van der Waals surface area contributed by atoms with Gasteiger partial charge in [-0.2, -0.15) is 0 Å². The SMILES string of the molecule is CCc1ccc(NC(=O)N[C@@H](C(=O)Nc2nnc(-c3ccc(Cl)cc3)s2)[C@H](C)CC)cc1. The number of hydrogen-bond acceptors (Lipinski definition) is 5. The first-order chi connectivity index (χ1) is 15.4. The predicted octanol–water partition coefficient (Wildman–Crippen LogP) is 5.60. The molecule has 0 aliphatic heterocycles. The summed E-state index contributed by atoms with van der Waals surface area (Å²) in [6.07, 6.45) is 1.64. The van der Waals surface area contributed by atoms with Crippen LogP contribution in [0.2, 0.25) is 5.02 Å². The second kappa shape index (κ2) is 11.1. The Morgan fingerprint density at radius 1 is 1.00 bits per heavy atom. The van der Waals surface area contributed by atoms with Crippen LogP contribution in [0.1, 0.15) is 32.8 Å². The molecule has 9 heteroatoms. The number of carbonyl (C=O) groups excluding carboxylic acids is 2. The van der Waals surface area contributed by atoms with Gasteiger partial charge in [0, 0.05) is 16.3 Å². The van der Waals surface area contributed by atoms with E-state index in [0.717, 1.165) is 18.4 Å². The van der Waals surface area contributed by atoms with Gasteiger partial charge in [0.1, 0.15) is 11.0 Å². The lowest BCUT2D eigenvalue weighted by Gasteiger charge is -2.23. The van der Waals surface area contributed by atoms with Crippen molar-refractivity contribution >= 4 is 45.7 Å². The van der Waals surface area contributed by atoms with E-state index in [9.17, 15) is 9.59 Å². The van der Waals surface area contributed by atoms with Gasteiger partial charge in [-0.1, -0.05) is 74.4 Å². The summed E-state index contributed by atoms with van der Waals surface area (Å²) in [5.74, 6) is -0.415. The monoisotopic (exact) mass is 471 g/mol. The molecule has 0 spiro atoms. The molecule has 1 heterocycles. The number of nitrogens with zero attached hydrogens (tertiary/aromatic N) is 2.